The van der Waals surface area contributed by atoms with Gasteiger partial charge >= 0.3 is 0 Å². The number of hydrogen-bond donors (Lipinski definition) is 2. The molecule has 1 saturated heterocycles. The van der Waals surface area contributed by atoms with Crippen molar-refractivity contribution in [1.29, 1.82) is 0 Å². The van der Waals surface area contributed by atoms with Gasteiger partial charge in [-0.15, -0.1) is 0 Å². The predicted molar refractivity (Wildman–Crippen MR) is 94.9 cm³/mol. The Morgan fingerprint density at radius 1 is 1.24 bits per heavy atom. The summed E-state index contributed by atoms with van der Waals surface area (Å²) in [7, 11) is 0. The Balaban J connectivity index is 1.57. The van der Waals surface area contributed by atoms with Crippen molar-refractivity contribution >= 4 is 5.91 Å². The molecule has 2 N–H and O–H groups in total. The lowest BCUT2D eigenvalue weighted by atomic mass is 9.94. The summed E-state index contributed by atoms with van der Waals surface area (Å²) in [5.41, 5.74) is 3.21. The highest BCUT2D eigenvalue weighted by Crippen LogP contribution is 2.26. The van der Waals surface area contributed by atoms with Crippen molar-refractivity contribution < 1.29 is 4.79 Å². The number of rotatable bonds is 2. The lowest BCUT2D eigenvalue weighted by Crippen LogP contribution is -2.41. The smallest absolute Gasteiger partial charge is 0.261 e. The average molecular weight is 340 g/mol. The van der Waals surface area contributed by atoms with Gasteiger partial charge in [0.2, 0.25) is 0 Å². The molecule has 3 heterocycles. The van der Waals surface area contributed by atoms with Gasteiger partial charge in [-0.25, -0.2) is 4.98 Å². The van der Waals surface area contributed by atoms with Gasteiger partial charge in [0, 0.05) is 36.6 Å². The number of pyridine rings is 1. The summed E-state index contributed by atoms with van der Waals surface area (Å²) in [4.78, 5) is 37.8. The molecule has 1 aliphatic carbocycles. The van der Waals surface area contributed by atoms with E-state index >= 15 is 0 Å². The third kappa shape index (κ3) is 3.13. The van der Waals surface area contributed by atoms with Crippen LogP contribution in [0.1, 0.15) is 64.7 Å². The largest absolute Gasteiger partial charge is 0.346 e. The molecule has 2 aliphatic rings. The van der Waals surface area contributed by atoms with Crippen molar-refractivity contribution in [2.24, 2.45) is 0 Å². The van der Waals surface area contributed by atoms with Crippen molar-refractivity contribution in [1.82, 2.24) is 19.9 Å². The van der Waals surface area contributed by atoms with Gasteiger partial charge in [-0.2, -0.15) is 0 Å². The number of fused-ring (bicyclic) bond motifs is 1. The number of amides is 1. The first-order chi connectivity index (χ1) is 12.1. The van der Waals surface area contributed by atoms with Crippen LogP contribution in [0, 0.1) is 6.92 Å². The van der Waals surface area contributed by atoms with Gasteiger partial charge < -0.3 is 14.9 Å². The fourth-order valence-corrected chi connectivity index (χ4v) is 4.03. The number of imidazole rings is 1. The molecule has 25 heavy (non-hydrogen) atoms. The molecule has 0 aromatic carbocycles. The van der Waals surface area contributed by atoms with Crippen LogP contribution in [0.5, 0.6) is 0 Å². The number of nitrogens with zero attached hydrogens (tertiary/aromatic N) is 2. The molecule has 1 aliphatic heterocycles. The standard InChI is InChI=1S/C19H24N4O2/c1-12-10-20-17(21-12)14-6-4-8-23(11-14)19(25)15-9-13-5-2-3-7-16(13)22-18(15)24/h9-10,14H,2-8,11H2,1H3,(H,20,21)(H,22,24). The zero-order valence-electron chi connectivity index (χ0n) is 14.6. The number of aromatic nitrogens is 3. The second-order valence-corrected chi connectivity index (χ2v) is 7.26. The summed E-state index contributed by atoms with van der Waals surface area (Å²) in [6, 6.07) is 1.83. The Morgan fingerprint density at radius 2 is 2.08 bits per heavy atom. The molecule has 2 aromatic rings. The fourth-order valence-electron chi connectivity index (χ4n) is 4.03. The molecule has 1 atom stereocenters. The van der Waals surface area contributed by atoms with Gasteiger partial charge in [0.05, 0.1) is 0 Å². The summed E-state index contributed by atoms with van der Waals surface area (Å²) < 4.78 is 0. The van der Waals surface area contributed by atoms with Crippen LogP contribution in [0.3, 0.4) is 0 Å². The average Bonchev–Trinajstić information content (AvgIpc) is 3.07. The Morgan fingerprint density at radius 3 is 2.88 bits per heavy atom. The molecule has 2 aromatic heterocycles. The molecule has 1 unspecified atom stereocenters. The molecule has 0 spiro atoms. The first kappa shape index (κ1) is 16.1. The molecule has 132 valence electrons. The number of nitrogens with one attached hydrogen (secondary N) is 2. The Hall–Kier alpha value is -2.37. The van der Waals surface area contributed by atoms with Crippen LogP contribution in [0.4, 0.5) is 0 Å². The second-order valence-electron chi connectivity index (χ2n) is 7.26. The molecule has 1 amide bonds. The van der Waals surface area contributed by atoms with E-state index in [2.05, 4.69) is 15.0 Å². The summed E-state index contributed by atoms with van der Waals surface area (Å²) in [5.74, 6) is 1.00. The lowest BCUT2D eigenvalue weighted by molar-refractivity contribution is 0.0702. The van der Waals surface area contributed by atoms with Gasteiger partial charge in [-0.05, 0) is 57.1 Å². The van der Waals surface area contributed by atoms with E-state index in [1.165, 1.54) is 0 Å². The molecule has 0 saturated carbocycles. The van der Waals surface area contributed by atoms with E-state index in [1.54, 1.807) is 0 Å². The van der Waals surface area contributed by atoms with Crippen LogP contribution in [-0.2, 0) is 12.8 Å². The molecule has 6 heteroatoms. The summed E-state index contributed by atoms with van der Waals surface area (Å²) in [6.45, 7) is 3.29. The van der Waals surface area contributed by atoms with E-state index in [0.717, 1.165) is 61.3 Å². The number of hydrogen-bond acceptors (Lipinski definition) is 3. The van der Waals surface area contributed by atoms with Gasteiger partial charge in [0.15, 0.2) is 0 Å². The van der Waals surface area contributed by atoms with Crippen LogP contribution in [0.25, 0.3) is 0 Å². The number of carbonyl (C=O) groups excluding carboxylic acids is 1. The third-order valence-corrected chi connectivity index (χ3v) is 5.39. The zero-order chi connectivity index (χ0) is 17.4. The molecule has 0 bridgehead atoms. The number of H-pyrrole nitrogens is 2. The first-order valence-corrected chi connectivity index (χ1v) is 9.17. The summed E-state index contributed by atoms with van der Waals surface area (Å²) in [5, 5.41) is 0. The van der Waals surface area contributed by atoms with Gasteiger partial charge in [-0.1, -0.05) is 0 Å². The minimum absolute atomic E-state index is 0.150. The maximum absolute atomic E-state index is 13.0. The molecule has 6 nitrogen and oxygen atoms in total. The van der Waals surface area contributed by atoms with Crippen molar-refractivity contribution in [3.63, 3.8) is 0 Å². The number of piperidine rings is 1. The third-order valence-electron chi connectivity index (χ3n) is 5.39. The van der Waals surface area contributed by atoms with Gasteiger partial charge in [0.1, 0.15) is 11.4 Å². The second kappa shape index (κ2) is 6.50. The summed E-state index contributed by atoms with van der Waals surface area (Å²) in [6.07, 6.45) is 7.84. The predicted octanol–water partition coefficient (Wildman–Crippen LogP) is 2.31. The topological polar surface area (TPSA) is 81.8 Å². The van der Waals surface area contributed by atoms with Crippen LogP contribution >= 0.6 is 0 Å². The van der Waals surface area contributed by atoms with E-state index in [1.807, 2.05) is 24.1 Å². The highest BCUT2D eigenvalue weighted by atomic mass is 16.2. The van der Waals surface area contributed by atoms with Gasteiger partial charge in [-0.3, -0.25) is 9.59 Å². The van der Waals surface area contributed by atoms with E-state index in [9.17, 15) is 9.59 Å². The highest BCUT2D eigenvalue weighted by molar-refractivity contribution is 5.94. The number of likely N-dealkylation sites (tertiary alicyclic amines) is 1. The molecule has 1 fully saturated rings. The fraction of sp³-hybridized carbons (Fsp3) is 0.526. The lowest BCUT2D eigenvalue weighted by Gasteiger charge is -2.32. The van der Waals surface area contributed by atoms with Crippen LogP contribution in [0.15, 0.2) is 17.1 Å². The van der Waals surface area contributed by atoms with Crippen molar-refractivity contribution in [2.45, 2.75) is 51.4 Å². The van der Waals surface area contributed by atoms with E-state index in [-0.39, 0.29) is 22.9 Å². The monoisotopic (exact) mass is 340 g/mol. The van der Waals surface area contributed by atoms with Crippen LogP contribution in [-0.4, -0.2) is 38.8 Å². The molecule has 0 radical (unpaired) electrons. The number of aromatic amines is 2. The molecular formula is C19H24N4O2. The summed E-state index contributed by atoms with van der Waals surface area (Å²) >= 11 is 0. The van der Waals surface area contributed by atoms with Crippen LogP contribution < -0.4 is 5.56 Å². The van der Waals surface area contributed by atoms with Crippen LogP contribution in [0.2, 0.25) is 0 Å². The Kier molecular flexibility index (Phi) is 4.19. The Bertz CT molecular complexity index is 851. The quantitative estimate of drug-likeness (QED) is 0.880. The molecule has 4 rings (SSSR count). The molecular weight excluding hydrogens is 316 g/mol. The van der Waals surface area contributed by atoms with E-state index < -0.39 is 0 Å². The first-order valence-electron chi connectivity index (χ1n) is 9.17. The van der Waals surface area contributed by atoms with Gasteiger partial charge in [0.25, 0.3) is 11.5 Å². The van der Waals surface area contributed by atoms with E-state index in [4.69, 9.17) is 0 Å². The number of carbonyl (C=O) groups is 1. The maximum Gasteiger partial charge on any atom is 0.261 e. The Labute approximate surface area is 146 Å². The highest BCUT2D eigenvalue weighted by Gasteiger charge is 2.29. The zero-order valence-corrected chi connectivity index (χ0v) is 14.6. The normalized spacial score (nSPS) is 20.4. The SMILES string of the molecule is Cc1cnc(C2CCCN(C(=O)c3cc4c([nH]c3=O)CCCC4)C2)[nH]1. The number of aryl methyl sites for hydroxylation is 3. The van der Waals surface area contributed by atoms with E-state index in [0.29, 0.717) is 13.1 Å². The minimum atomic E-state index is -0.249. The van der Waals surface area contributed by atoms with Crippen molar-refractivity contribution in [3.05, 3.63) is 51.0 Å². The maximum atomic E-state index is 13.0. The van der Waals surface area contributed by atoms with Crippen molar-refractivity contribution in [3.8, 4) is 0 Å². The van der Waals surface area contributed by atoms with Crippen molar-refractivity contribution in [2.75, 3.05) is 13.1 Å². The minimum Gasteiger partial charge on any atom is -0.346 e.